The van der Waals surface area contributed by atoms with E-state index in [0.29, 0.717) is 6.04 Å². The quantitative estimate of drug-likeness (QED) is 0.598. The van der Waals surface area contributed by atoms with Crippen LogP contribution >= 0.6 is 11.3 Å². The lowest BCUT2D eigenvalue weighted by molar-refractivity contribution is 0.249. The Morgan fingerprint density at radius 3 is 2.58 bits per heavy atom. The lowest BCUT2D eigenvalue weighted by atomic mass is 10.2. The summed E-state index contributed by atoms with van der Waals surface area (Å²) in [6.07, 6.45) is 0. The maximum Gasteiger partial charge on any atom is 0.191 e. The fourth-order valence-electron chi connectivity index (χ4n) is 2.40. The number of benzene rings is 1. The second kappa shape index (κ2) is 9.45. The fraction of sp³-hybridized carbons (Fsp3) is 0.421. The van der Waals surface area contributed by atoms with Crippen LogP contribution in [0.5, 0.6) is 0 Å². The number of nitrogens with one attached hydrogen (secondary N) is 2. The van der Waals surface area contributed by atoms with Gasteiger partial charge in [-0.2, -0.15) is 0 Å². The molecule has 1 heterocycles. The number of likely N-dealkylation sites (N-methyl/N-ethyl adjacent to an activating group) is 1. The first-order valence-electron chi connectivity index (χ1n) is 8.31. The third-order valence-electron chi connectivity index (χ3n) is 4.20. The first kappa shape index (κ1) is 18.5. The Balaban J connectivity index is 1.76. The van der Waals surface area contributed by atoms with Crippen molar-refractivity contribution in [3.63, 3.8) is 0 Å². The van der Waals surface area contributed by atoms with Gasteiger partial charge in [0.15, 0.2) is 5.96 Å². The maximum atomic E-state index is 4.31. The number of hydrogen-bond donors (Lipinski definition) is 2. The second-order valence-electron chi connectivity index (χ2n) is 6.08. The molecule has 2 aromatic rings. The number of guanidine groups is 1. The highest BCUT2D eigenvalue weighted by atomic mass is 32.1. The second-order valence-corrected chi connectivity index (χ2v) is 7.08. The molecule has 2 N–H and O–H groups in total. The van der Waals surface area contributed by atoms with Crippen molar-refractivity contribution < 1.29 is 0 Å². The summed E-state index contributed by atoms with van der Waals surface area (Å²) in [5.41, 5.74) is 2.67. The minimum Gasteiger partial charge on any atom is -0.355 e. The molecule has 24 heavy (non-hydrogen) atoms. The summed E-state index contributed by atoms with van der Waals surface area (Å²) in [7, 11) is 3.97. The predicted molar refractivity (Wildman–Crippen MR) is 105 cm³/mol. The Kier molecular flexibility index (Phi) is 7.28. The first-order valence-corrected chi connectivity index (χ1v) is 9.19. The summed E-state index contributed by atoms with van der Waals surface area (Å²) >= 11 is 1.78. The summed E-state index contributed by atoms with van der Waals surface area (Å²) < 4.78 is 0. The van der Waals surface area contributed by atoms with Gasteiger partial charge in [-0.15, -0.1) is 11.3 Å². The lowest BCUT2D eigenvalue weighted by Crippen LogP contribution is -2.44. The molecule has 0 saturated carbocycles. The fourth-order valence-corrected chi connectivity index (χ4v) is 3.24. The summed E-state index contributed by atoms with van der Waals surface area (Å²) in [4.78, 5) is 8.01. The van der Waals surface area contributed by atoms with Gasteiger partial charge >= 0.3 is 0 Å². The van der Waals surface area contributed by atoms with E-state index >= 15 is 0 Å². The van der Waals surface area contributed by atoms with Gasteiger partial charge in [-0.3, -0.25) is 9.89 Å². The van der Waals surface area contributed by atoms with Gasteiger partial charge in [0.05, 0.1) is 6.54 Å². The molecule has 1 unspecified atom stereocenters. The minimum absolute atomic E-state index is 0.409. The highest BCUT2D eigenvalue weighted by Gasteiger charge is 2.10. The van der Waals surface area contributed by atoms with E-state index in [0.717, 1.165) is 25.6 Å². The molecular formula is C19H28N4S. The van der Waals surface area contributed by atoms with Crippen molar-refractivity contribution >= 4 is 17.3 Å². The van der Waals surface area contributed by atoms with Crippen LogP contribution in [0.1, 0.15) is 22.9 Å². The summed E-state index contributed by atoms with van der Waals surface area (Å²) in [5.74, 6) is 0.850. The van der Waals surface area contributed by atoms with Crippen LogP contribution < -0.4 is 10.6 Å². The van der Waals surface area contributed by atoms with Crippen LogP contribution in [0.3, 0.4) is 0 Å². The minimum atomic E-state index is 0.409. The molecule has 4 nitrogen and oxygen atoms in total. The standard InChI is InChI=1S/C19H28N4S/c1-15-10-11-24-18(15)13-22-19(20-3)21-12-16(2)23(4)14-17-8-6-5-7-9-17/h5-11,16H,12-14H2,1-4H3,(H2,20,21,22). The average Bonchev–Trinajstić information content (AvgIpc) is 3.00. The first-order chi connectivity index (χ1) is 11.6. The van der Waals surface area contributed by atoms with E-state index in [-0.39, 0.29) is 0 Å². The van der Waals surface area contributed by atoms with Crippen LogP contribution in [0.25, 0.3) is 0 Å². The topological polar surface area (TPSA) is 39.7 Å². The van der Waals surface area contributed by atoms with Gasteiger partial charge in [-0.1, -0.05) is 30.3 Å². The highest BCUT2D eigenvalue weighted by molar-refractivity contribution is 7.10. The average molecular weight is 345 g/mol. The molecular weight excluding hydrogens is 316 g/mol. The normalized spacial score (nSPS) is 13.1. The van der Waals surface area contributed by atoms with E-state index in [2.05, 4.69) is 83.2 Å². The molecule has 0 aliphatic heterocycles. The van der Waals surface area contributed by atoms with Crippen molar-refractivity contribution in [1.82, 2.24) is 15.5 Å². The van der Waals surface area contributed by atoms with E-state index in [9.17, 15) is 0 Å². The number of thiophene rings is 1. The largest absolute Gasteiger partial charge is 0.355 e. The molecule has 0 fully saturated rings. The Hall–Kier alpha value is -1.85. The molecule has 0 spiro atoms. The molecule has 0 radical (unpaired) electrons. The van der Waals surface area contributed by atoms with Crippen LogP contribution in [-0.2, 0) is 13.1 Å². The summed E-state index contributed by atoms with van der Waals surface area (Å²) in [5, 5.41) is 8.94. The number of rotatable bonds is 7. The molecule has 0 aliphatic carbocycles. The van der Waals surface area contributed by atoms with Crippen LogP contribution in [0.4, 0.5) is 0 Å². The Labute approximate surface area is 149 Å². The highest BCUT2D eigenvalue weighted by Crippen LogP contribution is 2.14. The zero-order valence-corrected chi connectivity index (χ0v) is 15.9. The van der Waals surface area contributed by atoms with Crippen molar-refractivity contribution in [3.05, 3.63) is 57.8 Å². The molecule has 2 rings (SSSR count). The Bertz CT molecular complexity index is 636. The van der Waals surface area contributed by atoms with Crippen LogP contribution in [-0.4, -0.2) is 37.5 Å². The van der Waals surface area contributed by atoms with Crippen molar-refractivity contribution in [2.75, 3.05) is 20.6 Å². The number of nitrogens with zero attached hydrogens (tertiary/aromatic N) is 2. The zero-order valence-electron chi connectivity index (χ0n) is 15.0. The number of aliphatic imine (C=N–C) groups is 1. The van der Waals surface area contributed by atoms with Crippen molar-refractivity contribution in [3.8, 4) is 0 Å². The maximum absolute atomic E-state index is 4.31. The van der Waals surface area contributed by atoms with Crippen LogP contribution in [0.2, 0.25) is 0 Å². The molecule has 0 saturated heterocycles. The molecule has 1 atom stereocenters. The van der Waals surface area contributed by atoms with Crippen LogP contribution in [0.15, 0.2) is 46.8 Å². The van der Waals surface area contributed by atoms with Crippen LogP contribution in [0, 0.1) is 6.92 Å². The van der Waals surface area contributed by atoms with Gasteiger partial charge in [0.2, 0.25) is 0 Å². The number of hydrogen-bond acceptors (Lipinski definition) is 3. The molecule has 0 bridgehead atoms. The molecule has 0 aliphatic rings. The van der Waals surface area contributed by atoms with E-state index in [4.69, 9.17) is 0 Å². The van der Waals surface area contributed by atoms with Gasteiger partial charge < -0.3 is 10.6 Å². The Morgan fingerprint density at radius 1 is 1.21 bits per heavy atom. The van der Waals surface area contributed by atoms with E-state index in [1.165, 1.54) is 16.0 Å². The molecule has 1 aromatic heterocycles. The zero-order chi connectivity index (χ0) is 17.4. The molecule has 0 amide bonds. The van der Waals surface area contributed by atoms with Crippen molar-refractivity contribution in [1.29, 1.82) is 0 Å². The summed E-state index contributed by atoms with van der Waals surface area (Å²) in [6.45, 7) is 6.99. The van der Waals surface area contributed by atoms with Crippen molar-refractivity contribution in [2.45, 2.75) is 33.0 Å². The lowest BCUT2D eigenvalue weighted by Gasteiger charge is -2.25. The Morgan fingerprint density at radius 2 is 1.96 bits per heavy atom. The van der Waals surface area contributed by atoms with E-state index < -0.39 is 0 Å². The van der Waals surface area contributed by atoms with Gasteiger partial charge in [-0.05, 0) is 43.5 Å². The van der Waals surface area contributed by atoms with Gasteiger partial charge in [0.1, 0.15) is 0 Å². The SMILES string of the molecule is CN=C(NCc1sccc1C)NCC(C)N(C)Cc1ccccc1. The van der Waals surface area contributed by atoms with Gasteiger partial charge in [0, 0.05) is 31.1 Å². The summed E-state index contributed by atoms with van der Waals surface area (Å²) in [6, 6.07) is 13.1. The van der Waals surface area contributed by atoms with E-state index in [1.807, 2.05) is 7.05 Å². The monoisotopic (exact) mass is 344 g/mol. The smallest absolute Gasteiger partial charge is 0.191 e. The third-order valence-corrected chi connectivity index (χ3v) is 5.22. The van der Waals surface area contributed by atoms with Gasteiger partial charge in [-0.25, -0.2) is 0 Å². The molecule has 130 valence electrons. The van der Waals surface area contributed by atoms with Crippen molar-refractivity contribution in [2.24, 2.45) is 4.99 Å². The number of aryl methyl sites for hydroxylation is 1. The third kappa shape index (κ3) is 5.65. The van der Waals surface area contributed by atoms with E-state index in [1.54, 1.807) is 11.3 Å². The predicted octanol–water partition coefficient (Wildman–Crippen LogP) is 3.24. The van der Waals surface area contributed by atoms with Gasteiger partial charge in [0.25, 0.3) is 0 Å². The molecule has 1 aromatic carbocycles. The molecule has 5 heteroatoms.